The SMILES string of the molecule is O=C(NC1CC1)/C(=C\c1ccc(C(=O)NCc2ccc(C(=O)NO)cc2)cc1)c1ccccc1. The number of amides is 3. The van der Waals surface area contributed by atoms with Gasteiger partial charge in [-0.15, -0.1) is 0 Å². The molecule has 7 nitrogen and oxygen atoms in total. The molecular formula is C27H25N3O4. The van der Waals surface area contributed by atoms with E-state index in [9.17, 15) is 14.4 Å². The van der Waals surface area contributed by atoms with Crippen molar-refractivity contribution in [2.45, 2.75) is 25.4 Å². The van der Waals surface area contributed by atoms with Gasteiger partial charge in [0.1, 0.15) is 0 Å². The summed E-state index contributed by atoms with van der Waals surface area (Å²) in [6, 6.07) is 23.4. The van der Waals surface area contributed by atoms with Crippen LogP contribution < -0.4 is 16.1 Å². The van der Waals surface area contributed by atoms with Gasteiger partial charge in [-0.1, -0.05) is 54.6 Å². The second-order valence-corrected chi connectivity index (χ2v) is 8.11. The average Bonchev–Trinajstić information content (AvgIpc) is 3.70. The van der Waals surface area contributed by atoms with Gasteiger partial charge in [0.15, 0.2) is 0 Å². The van der Waals surface area contributed by atoms with Crippen LogP contribution in [0, 0.1) is 0 Å². The lowest BCUT2D eigenvalue weighted by Crippen LogP contribution is -2.26. The number of carbonyl (C=O) groups is 3. The monoisotopic (exact) mass is 455 g/mol. The first kappa shape index (κ1) is 22.9. The maximum Gasteiger partial charge on any atom is 0.274 e. The molecule has 1 fully saturated rings. The Bertz CT molecular complexity index is 1200. The number of hydrogen-bond acceptors (Lipinski definition) is 4. The van der Waals surface area contributed by atoms with Gasteiger partial charge in [0.2, 0.25) is 0 Å². The molecule has 0 bridgehead atoms. The molecule has 0 saturated heterocycles. The Morgan fingerprint density at radius 3 is 2.03 bits per heavy atom. The fourth-order valence-electron chi connectivity index (χ4n) is 3.41. The summed E-state index contributed by atoms with van der Waals surface area (Å²) in [5, 5.41) is 14.6. The van der Waals surface area contributed by atoms with E-state index < -0.39 is 5.91 Å². The molecule has 34 heavy (non-hydrogen) atoms. The number of benzene rings is 3. The zero-order chi connectivity index (χ0) is 23.9. The molecule has 4 N–H and O–H groups in total. The highest BCUT2D eigenvalue weighted by Gasteiger charge is 2.25. The van der Waals surface area contributed by atoms with Crippen molar-refractivity contribution in [2.75, 3.05) is 0 Å². The summed E-state index contributed by atoms with van der Waals surface area (Å²) in [7, 11) is 0. The van der Waals surface area contributed by atoms with Gasteiger partial charge in [0.25, 0.3) is 17.7 Å². The molecule has 1 saturated carbocycles. The molecule has 1 aliphatic carbocycles. The van der Waals surface area contributed by atoms with Crippen molar-refractivity contribution in [1.29, 1.82) is 0 Å². The highest BCUT2D eigenvalue weighted by Crippen LogP contribution is 2.23. The molecule has 0 heterocycles. The molecule has 0 unspecified atom stereocenters. The van der Waals surface area contributed by atoms with E-state index in [1.807, 2.05) is 48.5 Å². The minimum atomic E-state index is -0.592. The van der Waals surface area contributed by atoms with E-state index in [1.165, 1.54) is 0 Å². The lowest BCUT2D eigenvalue weighted by atomic mass is 10.0. The molecule has 0 aromatic heterocycles. The Balaban J connectivity index is 1.42. The topological polar surface area (TPSA) is 108 Å². The lowest BCUT2D eigenvalue weighted by Gasteiger charge is -2.10. The first-order valence-corrected chi connectivity index (χ1v) is 11.0. The summed E-state index contributed by atoms with van der Waals surface area (Å²) >= 11 is 0. The van der Waals surface area contributed by atoms with Crippen molar-refractivity contribution in [3.05, 3.63) is 107 Å². The maximum atomic E-state index is 12.8. The molecule has 3 amide bonds. The molecule has 1 aliphatic rings. The van der Waals surface area contributed by atoms with E-state index in [1.54, 1.807) is 41.9 Å². The minimum absolute atomic E-state index is 0.0991. The van der Waals surface area contributed by atoms with Crippen LogP contribution in [0.1, 0.15) is 50.2 Å². The molecule has 0 radical (unpaired) electrons. The second kappa shape index (κ2) is 10.6. The quantitative estimate of drug-likeness (QED) is 0.180. The van der Waals surface area contributed by atoms with Gasteiger partial charge in [-0.3, -0.25) is 19.6 Å². The van der Waals surface area contributed by atoms with Gasteiger partial charge in [-0.25, -0.2) is 5.48 Å². The number of carbonyl (C=O) groups excluding carboxylic acids is 3. The standard InChI is InChI=1S/C27H25N3O4/c31-25(28-17-19-8-12-22(13-9-19)26(32)30-34)21-10-6-18(7-11-21)16-24(20-4-2-1-3-5-20)27(33)29-23-14-15-23/h1-13,16,23,34H,14-15,17H2,(H,28,31)(H,29,33)(H,30,32)/b24-16-. The molecule has 3 aromatic rings. The van der Waals surface area contributed by atoms with Crippen LogP contribution in [0.4, 0.5) is 0 Å². The predicted molar refractivity (Wildman–Crippen MR) is 129 cm³/mol. The minimum Gasteiger partial charge on any atom is -0.349 e. The van der Waals surface area contributed by atoms with E-state index in [4.69, 9.17) is 5.21 Å². The van der Waals surface area contributed by atoms with Crippen LogP contribution in [-0.2, 0) is 11.3 Å². The summed E-state index contributed by atoms with van der Waals surface area (Å²) in [6.45, 7) is 0.293. The summed E-state index contributed by atoms with van der Waals surface area (Å²) in [6.07, 6.45) is 3.86. The van der Waals surface area contributed by atoms with E-state index in [0.717, 1.165) is 29.5 Å². The number of hydrogen-bond donors (Lipinski definition) is 4. The van der Waals surface area contributed by atoms with Gasteiger partial charge < -0.3 is 10.6 Å². The zero-order valence-electron chi connectivity index (χ0n) is 18.5. The molecule has 0 aliphatic heterocycles. The van der Waals surface area contributed by atoms with Crippen molar-refractivity contribution < 1.29 is 19.6 Å². The lowest BCUT2D eigenvalue weighted by molar-refractivity contribution is -0.115. The summed E-state index contributed by atoms with van der Waals surface area (Å²) < 4.78 is 0. The molecule has 172 valence electrons. The fraction of sp³-hybridized carbons (Fsp3) is 0.148. The first-order valence-electron chi connectivity index (χ1n) is 11.0. The smallest absolute Gasteiger partial charge is 0.274 e. The van der Waals surface area contributed by atoms with E-state index in [0.29, 0.717) is 23.2 Å². The number of nitrogens with one attached hydrogen (secondary N) is 3. The normalized spacial score (nSPS) is 13.1. The van der Waals surface area contributed by atoms with Gasteiger partial charge in [-0.05, 0) is 59.9 Å². The van der Waals surface area contributed by atoms with Crippen LogP contribution in [0.2, 0.25) is 0 Å². The number of rotatable bonds is 8. The molecule has 7 heteroatoms. The van der Waals surface area contributed by atoms with Gasteiger partial charge >= 0.3 is 0 Å². The van der Waals surface area contributed by atoms with Gasteiger partial charge in [-0.2, -0.15) is 0 Å². The molecule has 3 aromatic carbocycles. The third kappa shape index (κ3) is 5.96. The van der Waals surface area contributed by atoms with Crippen molar-refractivity contribution in [2.24, 2.45) is 0 Å². The summed E-state index contributed by atoms with van der Waals surface area (Å²) in [4.78, 5) is 36.7. The first-order chi connectivity index (χ1) is 16.5. The highest BCUT2D eigenvalue weighted by atomic mass is 16.5. The van der Waals surface area contributed by atoms with Crippen LogP contribution in [0.3, 0.4) is 0 Å². The van der Waals surface area contributed by atoms with Crippen LogP contribution >= 0.6 is 0 Å². The summed E-state index contributed by atoms with van der Waals surface area (Å²) in [5.41, 5.74) is 5.46. The Hall–Kier alpha value is -4.23. The number of hydroxylamine groups is 1. The van der Waals surface area contributed by atoms with Crippen LogP contribution in [0.5, 0.6) is 0 Å². The Morgan fingerprint density at radius 2 is 1.41 bits per heavy atom. The zero-order valence-corrected chi connectivity index (χ0v) is 18.5. The van der Waals surface area contributed by atoms with Crippen LogP contribution in [0.15, 0.2) is 78.9 Å². The largest absolute Gasteiger partial charge is 0.349 e. The highest BCUT2D eigenvalue weighted by molar-refractivity contribution is 6.24. The Labute approximate surface area is 197 Å². The van der Waals surface area contributed by atoms with E-state index >= 15 is 0 Å². The maximum absolute atomic E-state index is 12.8. The van der Waals surface area contributed by atoms with Crippen molar-refractivity contribution >= 4 is 29.4 Å². The van der Waals surface area contributed by atoms with Crippen LogP contribution in [0.25, 0.3) is 11.6 Å². The third-order valence-electron chi connectivity index (χ3n) is 5.50. The van der Waals surface area contributed by atoms with E-state index in [2.05, 4.69) is 10.6 Å². The fourth-order valence-corrected chi connectivity index (χ4v) is 3.41. The molecular weight excluding hydrogens is 430 g/mol. The van der Waals surface area contributed by atoms with Crippen molar-refractivity contribution in [1.82, 2.24) is 16.1 Å². The molecule has 0 spiro atoms. The van der Waals surface area contributed by atoms with Crippen molar-refractivity contribution in [3.63, 3.8) is 0 Å². The van der Waals surface area contributed by atoms with E-state index in [-0.39, 0.29) is 17.9 Å². The van der Waals surface area contributed by atoms with Gasteiger partial charge in [0.05, 0.1) is 0 Å². The molecule has 0 atom stereocenters. The molecule has 4 rings (SSSR count). The van der Waals surface area contributed by atoms with Crippen LogP contribution in [-0.4, -0.2) is 29.0 Å². The Kier molecular flexibility index (Phi) is 7.15. The second-order valence-electron chi connectivity index (χ2n) is 8.11. The predicted octanol–water partition coefficient (Wildman–Crippen LogP) is 3.55. The van der Waals surface area contributed by atoms with Crippen molar-refractivity contribution in [3.8, 4) is 0 Å². The average molecular weight is 456 g/mol. The Morgan fingerprint density at radius 1 is 0.794 bits per heavy atom. The summed E-state index contributed by atoms with van der Waals surface area (Å²) in [5.74, 6) is -0.925. The van der Waals surface area contributed by atoms with Gasteiger partial charge in [0, 0.05) is 29.3 Å². The third-order valence-corrected chi connectivity index (χ3v) is 5.50.